The molecule has 0 saturated heterocycles. The summed E-state index contributed by atoms with van der Waals surface area (Å²) in [6.07, 6.45) is 0. The average Bonchev–Trinajstić information content (AvgIpc) is 2.62. The minimum Gasteiger partial charge on any atom is -0.399 e. The number of nitrogen functional groups attached to an aromatic ring is 1. The molecule has 0 aliphatic carbocycles. The summed E-state index contributed by atoms with van der Waals surface area (Å²) in [5, 5.41) is 3.51. The summed E-state index contributed by atoms with van der Waals surface area (Å²) in [4.78, 5) is 10.6. The van der Waals surface area contributed by atoms with Crippen molar-refractivity contribution >= 4 is 34.4 Å². The number of halogens is 1. The zero-order valence-electron chi connectivity index (χ0n) is 9.64. The van der Waals surface area contributed by atoms with Gasteiger partial charge in [0.15, 0.2) is 0 Å². The van der Waals surface area contributed by atoms with Gasteiger partial charge in [-0.3, -0.25) is 0 Å². The molecule has 0 atom stereocenters. The number of aromatic nitrogens is 2. The van der Waals surface area contributed by atoms with Gasteiger partial charge in [-0.05, 0) is 13.0 Å². The van der Waals surface area contributed by atoms with Crippen LogP contribution < -0.4 is 10.6 Å². The van der Waals surface area contributed by atoms with Crippen molar-refractivity contribution in [2.45, 2.75) is 13.5 Å². The predicted molar refractivity (Wildman–Crippen MR) is 72.6 cm³/mol. The Morgan fingerprint density at radius 3 is 2.76 bits per heavy atom. The molecule has 0 radical (unpaired) electrons. The van der Waals surface area contributed by atoms with E-state index in [-0.39, 0.29) is 0 Å². The lowest BCUT2D eigenvalue weighted by molar-refractivity contribution is 0.871. The lowest BCUT2D eigenvalue weighted by Gasteiger charge is -2.17. The van der Waals surface area contributed by atoms with Crippen molar-refractivity contribution in [3.63, 3.8) is 0 Å². The smallest absolute Gasteiger partial charge is 0.133 e. The fourth-order valence-corrected chi connectivity index (χ4v) is 2.32. The summed E-state index contributed by atoms with van der Waals surface area (Å²) in [6.45, 7) is 2.68. The van der Waals surface area contributed by atoms with Crippen LogP contribution in [0.15, 0.2) is 17.5 Å². The Hall–Kier alpha value is -1.33. The topological polar surface area (TPSA) is 55.0 Å². The summed E-state index contributed by atoms with van der Waals surface area (Å²) >= 11 is 7.51. The molecule has 0 fully saturated rings. The molecule has 90 valence electrons. The second kappa shape index (κ2) is 4.89. The van der Waals surface area contributed by atoms with Crippen molar-refractivity contribution in [3.8, 4) is 0 Å². The number of anilines is 2. The predicted octanol–water partition coefficient (Wildman–Crippen LogP) is 2.72. The van der Waals surface area contributed by atoms with Crippen LogP contribution in [0.5, 0.6) is 0 Å². The molecule has 0 saturated carbocycles. The van der Waals surface area contributed by atoms with Gasteiger partial charge >= 0.3 is 0 Å². The van der Waals surface area contributed by atoms with Gasteiger partial charge in [0.05, 0.1) is 17.2 Å². The molecule has 0 bridgehead atoms. The molecule has 2 N–H and O–H groups in total. The lowest BCUT2D eigenvalue weighted by atomic mass is 10.3. The highest BCUT2D eigenvalue weighted by Crippen LogP contribution is 2.20. The Labute approximate surface area is 109 Å². The van der Waals surface area contributed by atoms with Gasteiger partial charge in [-0.25, -0.2) is 9.97 Å². The van der Waals surface area contributed by atoms with Gasteiger partial charge in [-0.1, -0.05) is 11.6 Å². The summed E-state index contributed by atoms with van der Waals surface area (Å²) in [6, 6.07) is 3.43. The number of nitrogens with two attached hydrogens (primary N) is 1. The molecule has 0 aromatic carbocycles. The maximum absolute atomic E-state index is 5.87. The molecule has 4 nitrogen and oxygen atoms in total. The molecule has 17 heavy (non-hydrogen) atoms. The van der Waals surface area contributed by atoms with Crippen LogP contribution in [0.1, 0.15) is 10.7 Å². The highest BCUT2D eigenvalue weighted by atomic mass is 35.5. The minimum atomic E-state index is 0.404. The van der Waals surface area contributed by atoms with Crippen molar-refractivity contribution in [2.75, 3.05) is 17.7 Å². The standard InChI is InChI=1S/C11H13ClN4S/c1-7-14-9(6-17-7)5-16(2)11-4-8(13)3-10(12)15-11/h3-4,6H,5H2,1-2H3,(H2,13,15). The SMILES string of the molecule is Cc1nc(CN(C)c2cc(N)cc(Cl)n2)cs1. The summed E-state index contributed by atoms with van der Waals surface area (Å²) in [5.74, 6) is 0.751. The molecular weight excluding hydrogens is 256 g/mol. The molecule has 6 heteroatoms. The van der Waals surface area contributed by atoms with E-state index in [1.54, 1.807) is 23.5 Å². The van der Waals surface area contributed by atoms with Crippen molar-refractivity contribution in [3.05, 3.63) is 33.4 Å². The number of aryl methyl sites for hydroxylation is 1. The van der Waals surface area contributed by atoms with E-state index in [9.17, 15) is 0 Å². The molecule has 2 aromatic heterocycles. The molecule has 2 heterocycles. The van der Waals surface area contributed by atoms with Crippen LogP contribution in [0.25, 0.3) is 0 Å². The number of pyridine rings is 1. The van der Waals surface area contributed by atoms with E-state index in [0.29, 0.717) is 17.4 Å². The monoisotopic (exact) mass is 268 g/mol. The molecule has 0 unspecified atom stereocenters. The fraction of sp³-hybridized carbons (Fsp3) is 0.273. The zero-order chi connectivity index (χ0) is 12.4. The van der Waals surface area contributed by atoms with Gasteiger partial charge in [0.2, 0.25) is 0 Å². The molecule has 2 rings (SSSR count). The van der Waals surface area contributed by atoms with E-state index in [2.05, 4.69) is 9.97 Å². The van der Waals surface area contributed by atoms with Crippen LogP contribution in [0.4, 0.5) is 11.5 Å². The minimum absolute atomic E-state index is 0.404. The first-order chi connectivity index (χ1) is 8.04. The van der Waals surface area contributed by atoms with Crippen LogP contribution >= 0.6 is 22.9 Å². The van der Waals surface area contributed by atoms with E-state index in [1.165, 1.54) is 0 Å². The molecule has 0 aliphatic rings. The van der Waals surface area contributed by atoms with E-state index in [1.807, 2.05) is 24.3 Å². The average molecular weight is 269 g/mol. The summed E-state index contributed by atoms with van der Waals surface area (Å²) < 4.78 is 0. The van der Waals surface area contributed by atoms with Gasteiger partial charge in [-0.2, -0.15) is 0 Å². The van der Waals surface area contributed by atoms with Crippen molar-refractivity contribution in [2.24, 2.45) is 0 Å². The molecular formula is C11H13ClN4S. The first-order valence-electron chi connectivity index (χ1n) is 5.10. The second-order valence-corrected chi connectivity index (χ2v) is 5.24. The maximum Gasteiger partial charge on any atom is 0.133 e. The van der Waals surface area contributed by atoms with Crippen molar-refractivity contribution < 1.29 is 0 Å². The Kier molecular flexibility index (Phi) is 3.49. The number of hydrogen-bond acceptors (Lipinski definition) is 5. The number of nitrogens with zero attached hydrogens (tertiary/aromatic N) is 3. The third-order valence-electron chi connectivity index (χ3n) is 2.26. The van der Waals surface area contributed by atoms with Crippen LogP contribution in [0, 0.1) is 6.92 Å². The summed E-state index contributed by atoms with van der Waals surface area (Å²) in [7, 11) is 1.94. The Morgan fingerprint density at radius 2 is 2.18 bits per heavy atom. The van der Waals surface area contributed by atoms with Gasteiger partial charge in [-0.15, -0.1) is 11.3 Å². The van der Waals surface area contributed by atoms with E-state index in [0.717, 1.165) is 16.5 Å². The van der Waals surface area contributed by atoms with Crippen LogP contribution in [0.2, 0.25) is 5.15 Å². The Balaban J connectivity index is 2.16. The molecule has 2 aromatic rings. The van der Waals surface area contributed by atoms with E-state index in [4.69, 9.17) is 17.3 Å². The van der Waals surface area contributed by atoms with Crippen molar-refractivity contribution in [1.29, 1.82) is 0 Å². The maximum atomic E-state index is 5.87. The summed E-state index contributed by atoms with van der Waals surface area (Å²) in [5.41, 5.74) is 7.37. The zero-order valence-corrected chi connectivity index (χ0v) is 11.2. The Bertz CT molecular complexity index is 506. The van der Waals surface area contributed by atoms with Gasteiger partial charge in [0.25, 0.3) is 0 Å². The molecule has 0 spiro atoms. The number of rotatable bonds is 3. The second-order valence-electron chi connectivity index (χ2n) is 3.80. The van der Waals surface area contributed by atoms with Gasteiger partial charge in [0.1, 0.15) is 11.0 Å². The number of hydrogen-bond donors (Lipinski definition) is 1. The highest BCUT2D eigenvalue weighted by Gasteiger charge is 2.07. The normalized spacial score (nSPS) is 10.5. The van der Waals surface area contributed by atoms with E-state index >= 15 is 0 Å². The van der Waals surface area contributed by atoms with E-state index < -0.39 is 0 Å². The largest absolute Gasteiger partial charge is 0.399 e. The third-order valence-corrected chi connectivity index (χ3v) is 3.28. The Morgan fingerprint density at radius 1 is 1.41 bits per heavy atom. The first-order valence-corrected chi connectivity index (χ1v) is 6.35. The highest BCUT2D eigenvalue weighted by molar-refractivity contribution is 7.09. The lowest BCUT2D eigenvalue weighted by Crippen LogP contribution is -2.18. The van der Waals surface area contributed by atoms with Crippen molar-refractivity contribution in [1.82, 2.24) is 9.97 Å². The first kappa shape index (κ1) is 12.1. The third kappa shape index (κ3) is 3.08. The quantitative estimate of drug-likeness (QED) is 0.870. The molecule has 0 amide bonds. The van der Waals surface area contributed by atoms with Crippen LogP contribution in [-0.4, -0.2) is 17.0 Å². The molecule has 0 aliphatic heterocycles. The van der Waals surface area contributed by atoms with Gasteiger partial charge in [0, 0.05) is 24.2 Å². The fourth-order valence-electron chi connectivity index (χ4n) is 1.50. The van der Waals surface area contributed by atoms with Crippen LogP contribution in [-0.2, 0) is 6.54 Å². The number of thiazole rings is 1. The van der Waals surface area contributed by atoms with Gasteiger partial charge < -0.3 is 10.6 Å². The van der Waals surface area contributed by atoms with Crippen LogP contribution in [0.3, 0.4) is 0 Å².